The van der Waals surface area contributed by atoms with Crippen molar-refractivity contribution in [2.75, 3.05) is 19.8 Å². The molecule has 0 aliphatic rings. The fraction of sp³-hybridized carbons (Fsp3) is 0.333. The van der Waals surface area contributed by atoms with Gasteiger partial charge in [-0.25, -0.2) is 4.79 Å². The molecule has 0 aliphatic carbocycles. The van der Waals surface area contributed by atoms with Gasteiger partial charge in [0.2, 0.25) is 0 Å². The van der Waals surface area contributed by atoms with Gasteiger partial charge in [0.25, 0.3) is 5.91 Å². The van der Waals surface area contributed by atoms with E-state index in [2.05, 4.69) is 5.32 Å². The van der Waals surface area contributed by atoms with E-state index in [1.54, 1.807) is 25.1 Å². The van der Waals surface area contributed by atoms with E-state index in [-0.39, 0.29) is 25.7 Å². The molecular formula is C12H14ClNO4. The van der Waals surface area contributed by atoms with Gasteiger partial charge in [-0.3, -0.25) is 4.79 Å². The van der Waals surface area contributed by atoms with E-state index in [1.807, 2.05) is 0 Å². The number of nitrogens with one attached hydrogen (secondary N) is 1. The molecule has 98 valence electrons. The summed E-state index contributed by atoms with van der Waals surface area (Å²) in [5.41, 5.74) is 1.32. The van der Waals surface area contributed by atoms with E-state index in [0.717, 1.165) is 5.56 Å². The molecule has 0 saturated heterocycles. The zero-order valence-corrected chi connectivity index (χ0v) is 10.7. The van der Waals surface area contributed by atoms with Crippen LogP contribution >= 0.6 is 11.6 Å². The summed E-state index contributed by atoms with van der Waals surface area (Å²) in [5.74, 6) is -1.27. The molecule has 1 aromatic rings. The number of carbonyl (C=O) groups is 2. The molecule has 2 N–H and O–H groups in total. The third kappa shape index (κ3) is 4.73. The largest absolute Gasteiger partial charge is 0.480 e. The Morgan fingerprint density at radius 1 is 1.44 bits per heavy atom. The summed E-state index contributed by atoms with van der Waals surface area (Å²) in [6.45, 7) is 1.84. The predicted molar refractivity (Wildman–Crippen MR) is 67.0 cm³/mol. The predicted octanol–water partition coefficient (Wildman–Crippen LogP) is 1.48. The molecule has 5 nitrogen and oxygen atoms in total. The number of carboxylic acids is 1. The van der Waals surface area contributed by atoms with Crippen LogP contribution in [0.15, 0.2) is 18.2 Å². The van der Waals surface area contributed by atoms with Gasteiger partial charge in [0.1, 0.15) is 6.61 Å². The number of aryl methyl sites for hydroxylation is 1. The van der Waals surface area contributed by atoms with Gasteiger partial charge in [-0.15, -0.1) is 0 Å². The number of carbonyl (C=O) groups excluding carboxylic acids is 1. The summed E-state index contributed by atoms with van der Waals surface area (Å²) in [6.07, 6.45) is 0. The molecule has 0 unspecified atom stereocenters. The Kier molecular flexibility index (Phi) is 5.61. The number of rotatable bonds is 6. The van der Waals surface area contributed by atoms with Gasteiger partial charge in [0.15, 0.2) is 0 Å². The molecule has 1 amide bonds. The van der Waals surface area contributed by atoms with Gasteiger partial charge in [-0.1, -0.05) is 11.6 Å². The normalized spacial score (nSPS) is 10.1. The van der Waals surface area contributed by atoms with Crippen molar-refractivity contribution in [3.05, 3.63) is 34.3 Å². The lowest BCUT2D eigenvalue weighted by Gasteiger charge is -2.07. The number of ether oxygens (including phenoxy) is 1. The van der Waals surface area contributed by atoms with Crippen molar-refractivity contribution in [2.45, 2.75) is 6.92 Å². The van der Waals surface area contributed by atoms with Gasteiger partial charge in [-0.2, -0.15) is 0 Å². The summed E-state index contributed by atoms with van der Waals surface area (Å²) >= 11 is 5.79. The monoisotopic (exact) mass is 271 g/mol. The molecule has 0 aliphatic heterocycles. The van der Waals surface area contributed by atoms with Gasteiger partial charge >= 0.3 is 5.97 Å². The summed E-state index contributed by atoms with van der Waals surface area (Å²) in [6, 6.07) is 4.99. The first-order chi connectivity index (χ1) is 8.50. The van der Waals surface area contributed by atoms with Gasteiger partial charge < -0.3 is 15.2 Å². The number of aliphatic carboxylic acids is 1. The molecule has 6 heteroatoms. The SMILES string of the molecule is Cc1cc(Cl)ccc1C(=O)NCCOCC(=O)O. The second-order valence-electron chi connectivity index (χ2n) is 3.66. The van der Waals surface area contributed by atoms with Crippen LogP contribution in [0.3, 0.4) is 0 Å². The Balaban J connectivity index is 2.39. The molecule has 0 saturated carbocycles. The number of amides is 1. The van der Waals surface area contributed by atoms with Crippen molar-refractivity contribution in [3.8, 4) is 0 Å². The van der Waals surface area contributed by atoms with Crippen molar-refractivity contribution in [3.63, 3.8) is 0 Å². The molecule has 1 rings (SSSR count). The van der Waals surface area contributed by atoms with E-state index in [1.165, 1.54) is 0 Å². The topological polar surface area (TPSA) is 75.6 Å². The number of hydrogen-bond donors (Lipinski definition) is 2. The molecular weight excluding hydrogens is 258 g/mol. The highest BCUT2D eigenvalue weighted by molar-refractivity contribution is 6.30. The summed E-state index contributed by atoms with van der Waals surface area (Å²) in [4.78, 5) is 21.9. The first-order valence-electron chi connectivity index (χ1n) is 5.34. The van der Waals surface area contributed by atoms with E-state index in [0.29, 0.717) is 10.6 Å². The smallest absolute Gasteiger partial charge is 0.329 e. The zero-order valence-electron chi connectivity index (χ0n) is 9.90. The van der Waals surface area contributed by atoms with Gasteiger partial charge in [0, 0.05) is 17.1 Å². The molecule has 0 atom stereocenters. The van der Waals surface area contributed by atoms with Gasteiger partial charge in [0.05, 0.1) is 6.61 Å². The summed E-state index contributed by atoms with van der Waals surface area (Å²) < 4.78 is 4.80. The third-order valence-electron chi connectivity index (χ3n) is 2.19. The second kappa shape index (κ2) is 6.98. The number of carboxylic acid groups (broad SMARTS) is 1. The molecule has 18 heavy (non-hydrogen) atoms. The van der Waals surface area contributed by atoms with Crippen molar-refractivity contribution in [1.82, 2.24) is 5.32 Å². The Hall–Kier alpha value is -1.59. The highest BCUT2D eigenvalue weighted by Crippen LogP contribution is 2.14. The molecule has 0 bridgehead atoms. The molecule has 0 heterocycles. The minimum absolute atomic E-state index is 0.157. The van der Waals surface area contributed by atoms with E-state index in [9.17, 15) is 9.59 Å². The Morgan fingerprint density at radius 2 is 2.17 bits per heavy atom. The Labute approximate surface area is 110 Å². The highest BCUT2D eigenvalue weighted by atomic mass is 35.5. The standard InChI is InChI=1S/C12H14ClNO4/c1-8-6-9(13)2-3-10(8)12(17)14-4-5-18-7-11(15)16/h2-3,6H,4-5,7H2,1H3,(H,14,17)(H,15,16). The maximum Gasteiger partial charge on any atom is 0.329 e. The van der Waals surface area contributed by atoms with Crippen molar-refractivity contribution in [1.29, 1.82) is 0 Å². The Bertz CT molecular complexity index is 448. The number of halogens is 1. The van der Waals surface area contributed by atoms with E-state index >= 15 is 0 Å². The van der Waals surface area contributed by atoms with Crippen LogP contribution in [0.5, 0.6) is 0 Å². The van der Waals surface area contributed by atoms with Crippen LogP contribution in [0, 0.1) is 6.92 Å². The fourth-order valence-corrected chi connectivity index (χ4v) is 1.60. The van der Waals surface area contributed by atoms with Crippen LogP contribution in [0.2, 0.25) is 5.02 Å². The Morgan fingerprint density at radius 3 is 2.78 bits per heavy atom. The molecule has 1 aromatic carbocycles. The maximum atomic E-state index is 11.7. The number of benzene rings is 1. The van der Waals surface area contributed by atoms with Crippen molar-refractivity contribution >= 4 is 23.5 Å². The van der Waals surface area contributed by atoms with Crippen LogP contribution in [0.25, 0.3) is 0 Å². The average molecular weight is 272 g/mol. The summed E-state index contributed by atoms with van der Waals surface area (Å²) in [7, 11) is 0. The number of hydrogen-bond acceptors (Lipinski definition) is 3. The quantitative estimate of drug-likeness (QED) is 0.769. The van der Waals surface area contributed by atoms with Crippen LogP contribution in [-0.2, 0) is 9.53 Å². The van der Waals surface area contributed by atoms with Crippen LogP contribution < -0.4 is 5.32 Å². The fourth-order valence-electron chi connectivity index (χ4n) is 1.37. The first kappa shape index (κ1) is 14.5. The molecule has 0 fully saturated rings. The minimum atomic E-state index is -1.03. The van der Waals surface area contributed by atoms with Crippen molar-refractivity contribution in [2.24, 2.45) is 0 Å². The van der Waals surface area contributed by atoms with Crippen LogP contribution in [-0.4, -0.2) is 36.7 Å². The van der Waals surface area contributed by atoms with E-state index < -0.39 is 5.97 Å². The zero-order chi connectivity index (χ0) is 13.5. The lowest BCUT2D eigenvalue weighted by molar-refractivity contribution is -0.142. The van der Waals surface area contributed by atoms with Crippen LogP contribution in [0.4, 0.5) is 0 Å². The van der Waals surface area contributed by atoms with Crippen molar-refractivity contribution < 1.29 is 19.4 Å². The maximum absolute atomic E-state index is 11.7. The lowest BCUT2D eigenvalue weighted by Crippen LogP contribution is -2.28. The minimum Gasteiger partial charge on any atom is -0.480 e. The molecule has 0 aromatic heterocycles. The van der Waals surface area contributed by atoms with Crippen LogP contribution in [0.1, 0.15) is 15.9 Å². The summed E-state index contributed by atoms with van der Waals surface area (Å²) in [5, 5.41) is 11.5. The van der Waals surface area contributed by atoms with Gasteiger partial charge in [-0.05, 0) is 30.7 Å². The average Bonchev–Trinajstić information content (AvgIpc) is 2.27. The first-order valence-corrected chi connectivity index (χ1v) is 5.72. The molecule has 0 radical (unpaired) electrons. The second-order valence-corrected chi connectivity index (χ2v) is 4.10. The molecule has 0 spiro atoms. The van der Waals surface area contributed by atoms with E-state index in [4.69, 9.17) is 21.4 Å². The third-order valence-corrected chi connectivity index (χ3v) is 2.43. The highest BCUT2D eigenvalue weighted by Gasteiger charge is 2.08. The lowest BCUT2D eigenvalue weighted by atomic mass is 10.1.